The Balaban J connectivity index is 0.000000104. The highest BCUT2D eigenvalue weighted by Crippen LogP contribution is 2.37. The van der Waals surface area contributed by atoms with Gasteiger partial charge in [0.1, 0.15) is 48.0 Å². The zero-order valence-electron chi connectivity index (χ0n) is 76.4. The number of benzene rings is 7. The summed E-state index contributed by atoms with van der Waals surface area (Å²) in [5.41, 5.74) is 6.41. The third kappa shape index (κ3) is 20.5. The predicted molar refractivity (Wildman–Crippen MR) is 553 cm³/mol. The van der Waals surface area contributed by atoms with Gasteiger partial charge in [-0.05, 0) is 286 Å². The van der Waals surface area contributed by atoms with Crippen LogP contribution >= 0.6 is 80.9 Å². The average Bonchev–Trinajstić information content (AvgIpc) is 1.65. The Labute approximate surface area is 819 Å². The summed E-state index contributed by atoms with van der Waals surface area (Å²) < 4.78 is 60.4. The van der Waals surface area contributed by atoms with E-state index < -0.39 is 11.6 Å². The molecule has 0 unspecified atom stereocenters. The lowest BCUT2D eigenvalue weighted by Crippen LogP contribution is -2.18. The molecule has 0 radical (unpaired) electrons. The first kappa shape index (κ1) is 95.4. The standard InChI is InChI=1S/C15H14ClN3O2.C15H14ClN3OS.C15H14FN3O2.C15H15N3OS.C13H12ClN3OS.C13H12FN3O2.C13H13N3OS/c3*16-9-3-4-10-11(7-9)14(20)17-15-13(10)12(18-21-15)8-19-5-1-2-6-19;19-14-11-6-2-1-5-10(11)13-12(17-20-15(13)16-14)9-18-7-3-4-8-18;2*1-17(2)6-10-11-8-4-3-7(14)5-9(8)12(18)15-13(11)19-16-10;1-16(2)7-10-11-8-5-3-4-6-9(8)12(17)14-13(11)18-15-10/h3*3-4,7H,1-2,5-6,8H2,(H,17,20);1-2,5-6H,3-4,7-9H2,(H,16,19);2*3-5H,6H2,1-2H3,(H,15,18);3-6H,7H2,1-2H3,(H,14,17). The van der Waals surface area contributed by atoms with Crippen molar-refractivity contribution in [3.8, 4) is 0 Å². The summed E-state index contributed by atoms with van der Waals surface area (Å²) in [4.78, 5) is 123. The van der Waals surface area contributed by atoms with Crippen LogP contribution in [-0.4, -0.2) is 197 Å². The fourth-order valence-electron chi connectivity index (χ4n) is 18.7. The van der Waals surface area contributed by atoms with Crippen molar-refractivity contribution in [3.05, 3.63) is 279 Å². The molecule has 4 aliphatic heterocycles. The molecule has 0 aliphatic carbocycles. The molecule has 31 nitrogen and oxygen atoms in total. The smallest absolute Gasteiger partial charge is 0.258 e. The monoisotopic (exact) mass is 2010 g/mol. The summed E-state index contributed by atoms with van der Waals surface area (Å²) in [6.45, 7) is 14.1. The average molecular weight is 2010 g/mol. The molecule has 18 heterocycles. The summed E-state index contributed by atoms with van der Waals surface area (Å²) in [6.07, 6.45) is 9.91. The first-order chi connectivity index (χ1) is 67.3. The number of hydrogen-bond donors (Lipinski definition) is 7. The van der Waals surface area contributed by atoms with E-state index in [0.717, 1.165) is 214 Å². The van der Waals surface area contributed by atoms with Crippen LogP contribution in [0.3, 0.4) is 0 Å². The van der Waals surface area contributed by atoms with Crippen molar-refractivity contribution in [1.29, 1.82) is 0 Å². The lowest BCUT2D eigenvalue weighted by atomic mass is 10.1. The number of nitrogens with one attached hydrogen (secondary N) is 7. The van der Waals surface area contributed by atoms with Gasteiger partial charge < -0.3 is 48.2 Å². The van der Waals surface area contributed by atoms with Gasteiger partial charge in [-0.2, -0.15) is 17.5 Å². The SMILES string of the molecule is CN(C)Cc1noc2[nH]c(=O)c3cc(F)ccc3c12.CN(C)Cc1nsc2[nH]c(=O)c3cc(Cl)ccc3c12.CN(C)Cc1nsc2[nH]c(=O)c3ccccc3c12.O=c1[nH]c2onc(CN3CCCC3)c2c2ccc(Cl)cc12.O=c1[nH]c2onc(CN3CCCC3)c2c2ccc(F)cc12.O=c1[nH]c2snc(CN3CCCC3)c2c2ccc(Cl)cc12.O=c1[nH]c2snc(CN3CCCC3)c2c2ccccc12. The number of halogens is 5. The van der Waals surface area contributed by atoms with Crippen molar-refractivity contribution in [2.75, 3.05) is 94.6 Å². The summed E-state index contributed by atoms with van der Waals surface area (Å²) in [6, 6.07) is 40.0. The van der Waals surface area contributed by atoms with Crippen molar-refractivity contribution < 1.29 is 22.4 Å². The molecule has 4 aliphatic rings. The number of aromatic nitrogens is 14. The van der Waals surface area contributed by atoms with Crippen LogP contribution in [0.25, 0.3) is 150 Å². The van der Waals surface area contributed by atoms with Gasteiger partial charge in [-0.3, -0.25) is 68.1 Å². The van der Waals surface area contributed by atoms with Crippen molar-refractivity contribution in [1.82, 2.24) is 102 Å². The number of fused-ring (bicyclic) bond motifs is 21. The number of likely N-dealkylation sites (tertiary alicyclic amines) is 4. The minimum atomic E-state index is -0.442. The summed E-state index contributed by atoms with van der Waals surface area (Å²) in [7, 11) is 11.8. The molecule has 14 aromatic heterocycles. The molecular weight excluding hydrogens is 1920 g/mol. The van der Waals surface area contributed by atoms with Crippen molar-refractivity contribution in [3.63, 3.8) is 0 Å². The Bertz CT molecular complexity index is 8200. The van der Waals surface area contributed by atoms with Gasteiger partial charge in [-0.25, -0.2) is 8.78 Å². The molecule has 0 saturated carbocycles. The van der Waals surface area contributed by atoms with E-state index in [0.29, 0.717) is 88.7 Å². The molecule has 0 atom stereocenters. The number of pyridine rings is 7. The van der Waals surface area contributed by atoms with Gasteiger partial charge >= 0.3 is 0 Å². The number of hydrogen-bond acceptors (Lipinski definition) is 28. The summed E-state index contributed by atoms with van der Waals surface area (Å²) in [5.74, 6) is -0.868. The second-order valence-electron chi connectivity index (χ2n) is 35.7. The van der Waals surface area contributed by atoms with Crippen LogP contribution < -0.4 is 38.9 Å². The molecule has 25 rings (SSSR count). The summed E-state index contributed by atoms with van der Waals surface area (Å²) in [5, 5.41) is 30.5. The molecule has 40 heteroatoms. The molecular formula is C99H94Cl3F2N21O10S4. The molecule has 21 aromatic rings. The molecule has 0 amide bonds. The fourth-order valence-corrected chi connectivity index (χ4v) is 22.4. The molecule has 0 bridgehead atoms. The van der Waals surface area contributed by atoms with E-state index >= 15 is 0 Å². The van der Waals surface area contributed by atoms with Gasteiger partial charge in [0.05, 0.1) is 49.7 Å². The van der Waals surface area contributed by atoms with Gasteiger partial charge in [-0.1, -0.05) is 117 Å². The molecule has 139 heavy (non-hydrogen) atoms. The van der Waals surface area contributed by atoms with Crippen LogP contribution in [-0.2, 0) is 45.8 Å². The largest absolute Gasteiger partial charge is 0.337 e. The maximum absolute atomic E-state index is 13.4. The van der Waals surface area contributed by atoms with E-state index in [2.05, 4.69) is 97.3 Å². The maximum atomic E-state index is 13.4. The van der Waals surface area contributed by atoms with E-state index in [1.807, 2.05) is 120 Å². The topological polar surface area (TPSA) is 382 Å². The lowest BCUT2D eigenvalue weighted by molar-refractivity contribution is 0.317. The van der Waals surface area contributed by atoms with Gasteiger partial charge in [0.2, 0.25) is 17.1 Å². The Hall–Kier alpha value is -12.6. The first-order valence-electron chi connectivity index (χ1n) is 45.4. The predicted octanol–water partition coefficient (Wildman–Crippen LogP) is 18.4. The fraction of sp³-hybridized carbons (Fsp3) is 0.293. The van der Waals surface area contributed by atoms with E-state index in [1.54, 1.807) is 42.5 Å². The van der Waals surface area contributed by atoms with Gasteiger partial charge in [0.25, 0.3) is 38.9 Å². The third-order valence-corrected chi connectivity index (χ3v) is 28.9. The Morgan fingerprint density at radius 3 is 0.849 bits per heavy atom. The van der Waals surface area contributed by atoms with Gasteiger partial charge in [-0.15, -0.1) is 0 Å². The van der Waals surface area contributed by atoms with E-state index in [4.69, 9.17) is 48.4 Å². The number of nitrogens with zero attached hydrogens (tertiary/aromatic N) is 14. The zero-order valence-corrected chi connectivity index (χ0v) is 81.9. The Morgan fingerprint density at radius 1 is 0.288 bits per heavy atom. The molecule has 714 valence electrons. The molecule has 4 fully saturated rings. The highest BCUT2D eigenvalue weighted by atomic mass is 35.5. The number of H-pyrrole nitrogens is 7. The van der Waals surface area contributed by atoms with Crippen molar-refractivity contribution >= 4 is 231 Å². The Kier molecular flexibility index (Phi) is 28.4. The van der Waals surface area contributed by atoms with Crippen LogP contribution in [0.2, 0.25) is 15.1 Å². The van der Waals surface area contributed by atoms with Crippen LogP contribution in [0.1, 0.15) is 91.2 Å². The molecule has 0 spiro atoms. The Morgan fingerprint density at radius 2 is 0.525 bits per heavy atom. The number of aromatic amines is 7. The van der Waals surface area contributed by atoms with Crippen LogP contribution in [0, 0.1) is 11.6 Å². The zero-order chi connectivity index (χ0) is 96.6. The van der Waals surface area contributed by atoms with Gasteiger partial charge in [0.15, 0.2) is 0 Å². The molecule has 7 N–H and O–H groups in total. The van der Waals surface area contributed by atoms with Crippen LogP contribution in [0.4, 0.5) is 8.78 Å². The van der Waals surface area contributed by atoms with Gasteiger partial charge in [0, 0.05) is 126 Å². The number of rotatable bonds is 14. The van der Waals surface area contributed by atoms with Crippen molar-refractivity contribution in [2.24, 2.45) is 0 Å². The lowest BCUT2D eigenvalue weighted by Gasteiger charge is -2.13. The quantitative estimate of drug-likeness (QED) is 0.0531. The normalized spacial score (nSPS) is 14.5. The minimum Gasteiger partial charge on any atom is -0.337 e. The van der Waals surface area contributed by atoms with E-state index in [9.17, 15) is 42.3 Å². The third-order valence-electron chi connectivity index (χ3n) is 25.0. The van der Waals surface area contributed by atoms with E-state index in [-0.39, 0.29) is 38.9 Å². The second kappa shape index (κ2) is 41.5. The first-order valence-corrected chi connectivity index (χ1v) is 49.6. The molecule has 7 aromatic carbocycles. The molecule has 4 saturated heterocycles. The van der Waals surface area contributed by atoms with Crippen LogP contribution in [0.15, 0.2) is 187 Å². The maximum Gasteiger partial charge on any atom is 0.258 e. The summed E-state index contributed by atoms with van der Waals surface area (Å²) >= 11 is 23.4. The second-order valence-corrected chi connectivity index (χ2v) is 40.1. The van der Waals surface area contributed by atoms with Crippen LogP contribution in [0.5, 0.6) is 0 Å². The highest BCUT2D eigenvalue weighted by Gasteiger charge is 2.27. The van der Waals surface area contributed by atoms with E-state index in [1.165, 1.54) is 122 Å². The van der Waals surface area contributed by atoms with Crippen molar-refractivity contribution in [2.45, 2.75) is 97.2 Å². The highest BCUT2D eigenvalue weighted by molar-refractivity contribution is 7.14. The minimum absolute atomic E-state index is 0.0236.